The Hall–Kier alpha value is -1.80. The van der Waals surface area contributed by atoms with Crippen molar-refractivity contribution in [2.24, 2.45) is 0 Å². The maximum atomic E-state index is 12.8. The van der Waals surface area contributed by atoms with Gasteiger partial charge >= 0.3 is 12.4 Å². The summed E-state index contributed by atoms with van der Waals surface area (Å²) in [5.41, 5.74) is -3.01. The van der Waals surface area contributed by atoms with Crippen molar-refractivity contribution in [3.05, 3.63) is 23.4 Å². The molecular weight excluding hydrogens is 340 g/mol. The lowest BCUT2D eigenvalue weighted by atomic mass is 10.1. The van der Waals surface area contributed by atoms with Crippen molar-refractivity contribution in [1.82, 2.24) is 4.98 Å². The number of hydrogen-bond acceptors (Lipinski definition) is 3. The largest absolute Gasteiger partial charge is 0.477 e. The first-order chi connectivity index (χ1) is 11.2. The molecule has 0 bridgehead atoms. The van der Waals surface area contributed by atoms with E-state index in [2.05, 4.69) is 4.98 Å². The number of nitrogens with zero attached hydrogens (tertiary/aromatic N) is 1. The van der Waals surface area contributed by atoms with E-state index in [0.29, 0.717) is 25.5 Å². The molecule has 0 amide bonds. The Kier molecular flexibility index (Phi) is 7.50. The fourth-order valence-corrected chi connectivity index (χ4v) is 1.95. The molecule has 1 aromatic rings. The van der Waals surface area contributed by atoms with Gasteiger partial charge in [-0.3, -0.25) is 0 Å². The van der Waals surface area contributed by atoms with Gasteiger partial charge in [-0.25, -0.2) is 4.98 Å². The van der Waals surface area contributed by atoms with Gasteiger partial charge in [0.25, 0.3) is 0 Å². The number of carbonyl (C=O) groups excluding carboxylic acids is 1. The lowest BCUT2D eigenvalue weighted by molar-refractivity contribution is -0.144. The predicted octanol–water partition coefficient (Wildman–Crippen LogP) is 5.04. The van der Waals surface area contributed by atoms with Crippen molar-refractivity contribution in [3.8, 4) is 5.88 Å². The summed E-state index contributed by atoms with van der Waals surface area (Å²) in [5, 5.41) is 0. The Morgan fingerprint density at radius 2 is 1.58 bits per heavy atom. The maximum Gasteiger partial charge on any atom is 0.421 e. The molecule has 0 saturated carbocycles. The minimum atomic E-state index is -4.99. The van der Waals surface area contributed by atoms with Crippen LogP contribution in [0.5, 0.6) is 5.88 Å². The molecule has 0 radical (unpaired) electrons. The predicted molar refractivity (Wildman–Crippen MR) is 73.5 cm³/mol. The molecule has 0 aliphatic rings. The van der Waals surface area contributed by atoms with Gasteiger partial charge in [-0.2, -0.15) is 26.3 Å². The molecule has 0 atom stereocenters. The Bertz CT molecular complexity index is 528. The average molecular weight is 357 g/mol. The molecular formula is C15H17F6NO2. The van der Waals surface area contributed by atoms with Crippen molar-refractivity contribution in [2.45, 2.75) is 50.9 Å². The van der Waals surface area contributed by atoms with Crippen LogP contribution in [0.1, 0.15) is 49.7 Å². The van der Waals surface area contributed by atoms with E-state index in [1.165, 1.54) is 0 Å². The highest BCUT2D eigenvalue weighted by Crippen LogP contribution is 2.39. The first-order valence-corrected chi connectivity index (χ1v) is 7.37. The number of alkyl halides is 6. The summed E-state index contributed by atoms with van der Waals surface area (Å²) in [6.07, 6.45) is -4.78. The van der Waals surface area contributed by atoms with Crippen LogP contribution in [0.2, 0.25) is 0 Å². The quantitative estimate of drug-likeness (QED) is 0.353. The topological polar surface area (TPSA) is 39.2 Å². The summed E-state index contributed by atoms with van der Waals surface area (Å²) in [5.74, 6) is -0.851. The van der Waals surface area contributed by atoms with Crippen LogP contribution in [0.4, 0.5) is 26.3 Å². The summed E-state index contributed by atoms with van der Waals surface area (Å²) in [7, 11) is 0. The third-order valence-corrected chi connectivity index (χ3v) is 3.19. The molecule has 24 heavy (non-hydrogen) atoms. The Balaban J connectivity index is 2.60. The van der Waals surface area contributed by atoms with Crippen molar-refractivity contribution >= 4 is 6.29 Å². The molecule has 136 valence electrons. The first-order valence-electron chi connectivity index (χ1n) is 7.37. The lowest BCUT2D eigenvalue weighted by Gasteiger charge is -2.15. The lowest BCUT2D eigenvalue weighted by Crippen LogP contribution is -2.14. The van der Waals surface area contributed by atoms with Crippen LogP contribution in [0.3, 0.4) is 0 Å². The van der Waals surface area contributed by atoms with E-state index in [4.69, 9.17) is 4.74 Å². The minimum Gasteiger partial charge on any atom is -0.477 e. The highest BCUT2D eigenvalue weighted by molar-refractivity contribution is 5.48. The van der Waals surface area contributed by atoms with Crippen LogP contribution in [0, 0.1) is 0 Å². The number of carbonyl (C=O) groups is 1. The van der Waals surface area contributed by atoms with Gasteiger partial charge in [0.05, 0.1) is 12.2 Å². The van der Waals surface area contributed by atoms with Gasteiger partial charge in [0, 0.05) is 12.6 Å². The van der Waals surface area contributed by atoms with Crippen LogP contribution in [-0.2, 0) is 17.1 Å². The maximum absolute atomic E-state index is 12.8. The molecule has 0 aliphatic carbocycles. The van der Waals surface area contributed by atoms with Gasteiger partial charge in [0.1, 0.15) is 11.8 Å². The summed E-state index contributed by atoms with van der Waals surface area (Å²) in [6.45, 7) is -0.0743. The van der Waals surface area contributed by atoms with Crippen LogP contribution in [0.15, 0.2) is 12.3 Å². The fourth-order valence-electron chi connectivity index (χ4n) is 1.95. The van der Waals surface area contributed by atoms with Crippen molar-refractivity contribution in [2.75, 3.05) is 6.61 Å². The normalized spacial score (nSPS) is 12.2. The van der Waals surface area contributed by atoms with Gasteiger partial charge in [0.15, 0.2) is 0 Å². The van der Waals surface area contributed by atoms with Gasteiger partial charge in [-0.05, 0) is 18.9 Å². The number of ether oxygens (including phenoxy) is 1. The summed E-state index contributed by atoms with van der Waals surface area (Å²) >= 11 is 0. The zero-order valence-corrected chi connectivity index (χ0v) is 12.7. The van der Waals surface area contributed by atoms with Gasteiger partial charge in [-0.1, -0.05) is 19.3 Å². The van der Waals surface area contributed by atoms with E-state index in [9.17, 15) is 31.1 Å². The zero-order valence-electron chi connectivity index (χ0n) is 12.7. The highest BCUT2D eigenvalue weighted by Gasteiger charge is 2.39. The molecule has 0 fully saturated rings. The molecule has 3 nitrogen and oxygen atoms in total. The SMILES string of the molecule is O=CCCCCCCCOc1ncc(C(F)(F)F)cc1C(F)(F)F. The Morgan fingerprint density at radius 1 is 0.958 bits per heavy atom. The van der Waals surface area contributed by atoms with E-state index in [1.54, 1.807) is 0 Å². The molecule has 0 spiro atoms. The van der Waals surface area contributed by atoms with Gasteiger partial charge in [0.2, 0.25) is 5.88 Å². The second-order valence-electron chi connectivity index (χ2n) is 5.14. The number of aromatic nitrogens is 1. The number of pyridine rings is 1. The minimum absolute atomic E-state index is 0.00175. The number of halogens is 6. The van der Waals surface area contributed by atoms with E-state index >= 15 is 0 Å². The second kappa shape index (κ2) is 8.89. The van der Waals surface area contributed by atoms with Crippen molar-refractivity contribution in [3.63, 3.8) is 0 Å². The fraction of sp³-hybridized carbons (Fsp3) is 0.600. The van der Waals surface area contributed by atoms with E-state index < -0.39 is 29.4 Å². The van der Waals surface area contributed by atoms with E-state index in [0.717, 1.165) is 25.5 Å². The third kappa shape index (κ3) is 6.76. The standard InChI is InChI=1S/C15H17F6NO2/c16-14(17,18)11-9-12(15(19,20)21)13(22-10-11)24-8-6-4-2-1-3-5-7-23/h7,9-10H,1-6,8H2. The number of aldehydes is 1. The van der Waals surface area contributed by atoms with Crippen molar-refractivity contribution < 1.29 is 35.9 Å². The summed E-state index contributed by atoms with van der Waals surface area (Å²) < 4.78 is 80.9. The molecule has 0 saturated heterocycles. The summed E-state index contributed by atoms with van der Waals surface area (Å²) in [4.78, 5) is 13.3. The van der Waals surface area contributed by atoms with Crippen LogP contribution < -0.4 is 4.74 Å². The molecule has 1 aromatic heterocycles. The molecule has 1 heterocycles. The smallest absolute Gasteiger partial charge is 0.421 e. The monoisotopic (exact) mass is 357 g/mol. The van der Waals surface area contributed by atoms with E-state index in [-0.39, 0.29) is 12.7 Å². The molecule has 0 aliphatic heterocycles. The second-order valence-corrected chi connectivity index (χ2v) is 5.14. The Morgan fingerprint density at radius 3 is 2.17 bits per heavy atom. The van der Waals surface area contributed by atoms with Crippen molar-refractivity contribution in [1.29, 1.82) is 0 Å². The highest BCUT2D eigenvalue weighted by atomic mass is 19.4. The number of unbranched alkanes of at least 4 members (excludes halogenated alkanes) is 5. The molecule has 9 heteroatoms. The third-order valence-electron chi connectivity index (χ3n) is 3.19. The molecule has 0 aromatic carbocycles. The van der Waals surface area contributed by atoms with Crippen LogP contribution in [-0.4, -0.2) is 17.9 Å². The average Bonchev–Trinajstić information content (AvgIpc) is 2.48. The van der Waals surface area contributed by atoms with E-state index in [1.807, 2.05) is 0 Å². The van der Waals surface area contributed by atoms with Crippen LogP contribution >= 0.6 is 0 Å². The Labute approximate surface area is 135 Å². The van der Waals surface area contributed by atoms with Gasteiger partial charge in [-0.15, -0.1) is 0 Å². The summed E-state index contributed by atoms with van der Waals surface area (Å²) in [6, 6.07) is 0.00175. The molecule has 1 rings (SSSR count). The number of hydrogen-bond donors (Lipinski definition) is 0. The zero-order chi connectivity index (χ0) is 18.2. The van der Waals surface area contributed by atoms with Crippen LogP contribution in [0.25, 0.3) is 0 Å². The molecule has 0 N–H and O–H groups in total. The number of rotatable bonds is 9. The van der Waals surface area contributed by atoms with Gasteiger partial charge < -0.3 is 9.53 Å². The first kappa shape index (κ1) is 20.2. The molecule has 0 unspecified atom stereocenters.